The van der Waals surface area contributed by atoms with E-state index in [0.717, 1.165) is 11.1 Å². The molecule has 96 valence electrons. The molecule has 0 aliphatic carbocycles. The van der Waals surface area contributed by atoms with Gasteiger partial charge in [0, 0.05) is 11.1 Å². The molecule has 0 fully saturated rings. The molecule has 0 nitrogen and oxygen atoms in total. The van der Waals surface area contributed by atoms with Crippen molar-refractivity contribution in [2.75, 3.05) is 0 Å². The average molecular weight is 256 g/mol. The van der Waals surface area contributed by atoms with Gasteiger partial charge in [0.1, 0.15) is 0 Å². The van der Waals surface area contributed by atoms with E-state index in [2.05, 4.69) is 86.4 Å². The van der Waals surface area contributed by atoms with Gasteiger partial charge in [-0.15, -0.1) is 0 Å². The van der Waals surface area contributed by atoms with E-state index in [-0.39, 0.29) is 0 Å². The van der Waals surface area contributed by atoms with Crippen molar-refractivity contribution in [3.05, 3.63) is 82.9 Å². The van der Waals surface area contributed by atoms with Crippen LogP contribution in [0.1, 0.15) is 22.3 Å². The van der Waals surface area contributed by atoms with Gasteiger partial charge in [-0.3, -0.25) is 0 Å². The van der Waals surface area contributed by atoms with Crippen molar-refractivity contribution < 1.29 is 0 Å². The fourth-order valence-electron chi connectivity index (χ4n) is 2.35. The van der Waals surface area contributed by atoms with Crippen LogP contribution in [0.25, 0.3) is 10.8 Å². The molecule has 0 bridgehead atoms. The molecule has 3 rings (SSSR count). The van der Waals surface area contributed by atoms with Crippen molar-refractivity contribution in [1.82, 2.24) is 0 Å². The summed E-state index contributed by atoms with van der Waals surface area (Å²) in [5, 5.41) is 2.51. The first-order chi connectivity index (χ1) is 9.74. The Morgan fingerprint density at radius 3 is 2.15 bits per heavy atom. The van der Waals surface area contributed by atoms with Crippen LogP contribution in [0.15, 0.2) is 60.7 Å². The van der Waals surface area contributed by atoms with Gasteiger partial charge in [0.25, 0.3) is 0 Å². The van der Waals surface area contributed by atoms with E-state index in [1.54, 1.807) is 0 Å². The van der Waals surface area contributed by atoms with E-state index in [0.29, 0.717) is 0 Å². The Balaban J connectivity index is 2.08. The second kappa shape index (κ2) is 5.23. The molecule has 0 heteroatoms. The van der Waals surface area contributed by atoms with E-state index in [4.69, 9.17) is 0 Å². The summed E-state index contributed by atoms with van der Waals surface area (Å²) in [5.41, 5.74) is 4.70. The SMILES string of the molecule is Cc1ccc(C#Cc2cccc3c(C)cccc23)cc1. The minimum atomic E-state index is 1.06. The van der Waals surface area contributed by atoms with Gasteiger partial charge in [0.2, 0.25) is 0 Å². The number of fused-ring (bicyclic) bond motifs is 1. The lowest BCUT2D eigenvalue weighted by atomic mass is 10.0. The summed E-state index contributed by atoms with van der Waals surface area (Å²) in [6, 6.07) is 21.0. The zero-order chi connectivity index (χ0) is 13.9. The first-order valence-corrected chi connectivity index (χ1v) is 6.81. The predicted molar refractivity (Wildman–Crippen MR) is 85.8 cm³/mol. The van der Waals surface area contributed by atoms with E-state index >= 15 is 0 Å². The molecule has 0 N–H and O–H groups in total. The Bertz CT molecular complexity index is 812. The largest absolute Gasteiger partial charge is 0.0616 e. The van der Waals surface area contributed by atoms with Crippen molar-refractivity contribution in [2.45, 2.75) is 13.8 Å². The lowest BCUT2D eigenvalue weighted by Crippen LogP contribution is -1.83. The van der Waals surface area contributed by atoms with Crippen LogP contribution in [0.3, 0.4) is 0 Å². The summed E-state index contributed by atoms with van der Waals surface area (Å²) >= 11 is 0. The zero-order valence-electron chi connectivity index (χ0n) is 11.8. The van der Waals surface area contributed by atoms with E-state index in [1.165, 1.54) is 21.9 Å². The lowest BCUT2D eigenvalue weighted by Gasteiger charge is -2.03. The fourth-order valence-corrected chi connectivity index (χ4v) is 2.35. The molecule has 3 aromatic rings. The smallest absolute Gasteiger partial charge is 0.0327 e. The van der Waals surface area contributed by atoms with Gasteiger partial charge in [0.05, 0.1) is 0 Å². The van der Waals surface area contributed by atoms with Gasteiger partial charge < -0.3 is 0 Å². The highest BCUT2D eigenvalue weighted by Gasteiger charge is 1.99. The maximum absolute atomic E-state index is 3.30. The summed E-state index contributed by atoms with van der Waals surface area (Å²) in [4.78, 5) is 0. The Hall–Kier alpha value is -2.52. The van der Waals surface area contributed by atoms with Crippen molar-refractivity contribution in [3.8, 4) is 11.8 Å². The maximum atomic E-state index is 3.30. The van der Waals surface area contributed by atoms with Crippen LogP contribution in [-0.4, -0.2) is 0 Å². The summed E-state index contributed by atoms with van der Waals surface area (Å²) in [5.74, 6) is 6.55. The highest BCUT2D eigenvalue weighted by atomic mass is 14.0. The van der Waals surface area contributed by atoms with Crippen LogP contribution in [0, 0.1) is 25.7 Å². The standard InChI is InChI=1S/C20H16/c1-15-9-11-17(12-10-15)13-14-18-6-4-7-19-16(2)5-3-8-20(18)19/h3-12H,1-2H3. The number of benzene rings is 3. The van der Waals surface area contributed by atoms with Gasteiger partial charge in [-0.2, -0.15) is 0 Å². The van der Waals surface area contributed by atoms with Gasteiger partial charge >= 0.3 is 0 Å². The summed E-state index contributed by atoms with van der Waals surface area (Å²) in [6.45, 7) is 4.23. The molecule has 20 heavy (non-hydrogen) atoms. The van der Waals surface area contributed by atoms with Crippen LogP contribution in [0.2, 0.25) is 0 Å². The van der Waals surface area contributed by atoms with Crippen LogP contribution >= 0.6 is 0 Å². The average Bonchev–Trinajstić information content (AvgIpc) is 2.47. The molecule has 0 saturated heterocycles. The first kappa shape index (κ1) is 12.5. The third kappa shape index (κ3) is 2.44. The second-order valence-corrected chi connectivity index (χ2v) is 5.09. The first-order valence-electron chi connectivity index (χ1n) is 6.81. The molecule has 3 aromatic carbocycles. The zero-order valence-corrected chi connectivity index (χ0v) is 11.8. The molecule has 0 atom stereocenters. The van der Waals surface area contributed by atoms with Gasteiger partial charge in [-0.25, -0.2) is 0 Å². The summed E-state index contributed by atoms with van der Waals surface area (Å²) < 4.78 is 0. The molecule has 0 spiro atoms. The third-order valence-corrected chi connectivity index (χ3v) is 3.53. The van der Waals surface area contributed by atoms with E-state index < -0.39 is 0 Å². The molecule has 0 unspecified atom stereocenters. The third-order valence-electron chi connectivity index (χ3n) is 3.53. The van der Waals surface area contributed by atoms with Crippen molar-refractivity contribution in [3.63, 3.8) is 0 Å². The lowest BCUT2D eigenvalue weighted by molar-refractivity contribution is 1.46. The number of rotatable bonds is 0. The highest BCUT2D eigenvalue weighted by Crippen LogP contribution is 2.21. The quantitative estimate of drug-likeness (QED) is 0.504. The topological polar surface area (TPSA) is 0 Å². The molecule has 0 radical (unpaired) electrons. The van der Waals surface area contributed by atoms with Crippen LogP contribution in [0.4, 0.5) is 0 Å². The Kier molecular flexibility index (Phi) is 3.27. The number of aryl methyl sites for hydroxylation is 2. The van der Waals surface area contributed by atoms with Crippen LogP contribution in [-0.2, 0) is 0 Å². The van der Waals surface area contributed by atoms with E-state index in [1.807, 2.05) is 0 Å². The van der Waals surface area contributed by atoms with Crippen LogP contribution in [0.5, 0.6) is 0 Å². The van der Waals surface area contributed by atoms with Crippen molar-refractivity contribution >= 4 is 10.8 Å². The molecule has 0 aliphatic heterocycles. The minimum Gasteiger partial charge on any atom is -0.0616 e. The molecule has 0 saturated carbocycles. The normalized spacial score (nSPS) is 10.1. The van der Waals surface area contributed by atoms with Gasteiger partial charge in [0.15, 0.2) is 0 Å². The molecule has 0 amide bonds. The van der Waals surface area contributed by atoms with Crippen molar-refractivity contribution in [1.29, 1.82) is 0 Å². The summed E-state index contributed by atoms with van der Waals surface area (Å²) in [6.07, 6.45) is 0. The second-order valence-electron chi connectivity index (χ2n) is 5.09. The highest BCUT2D eigenvalue weighted by molar-refractivity contribution is 5.90. The number of hydrogen-bond acceptors (Lipinski definition) is 0. The fraction of sp³-hybridized carbons (Fsp3) is 0.100. The van der Waals surface area contributed by atoms with Crippen molar-refractivity contribution in [2.24, 2.45) is 0 Å². The van der Waals surface area contributed by atoms with E-state index in [9.17, 15) is 0 Å². The molecular weight excluding hydrogens is 240 g/mol. The van der Waals surface area contributed by atoms with Gasteiger partial charge in [-0.05, 0) is 48.4 Å². The summed E-state index contributed by atoms with van der Waals surface area (Å²) in [7, 11) is 0. The minimum absolute atomic E-state index is 1.06. The molecule has 0 aromatic heterocycles. The molecule has 0 aliphatic rings. The monoisotopic (exact) mass is 256 g/mol. The molecule has 0 heterocycles. The van der Waals surface area contributed by atoms with Gasteiger partial charge in [-0.1, -0.05) is 59.9 Å². The Labute approximate surface area is 120 Å². The molecular formula is C20H16. The Morgan fingerprint density at radius 2 is 1.35 bits per heavy atom. The Morgan fingerprint density at radius 1 is 0.650 bits per heavy atom. The number of hydrogen-bond donors (Lipinski definition) is 0. The predicted octanol–water partition coefficient (Wildman–Crippen LogP) is 4.86. The maximum Gasteiger partial charge on any atom is 0.0327 e. The van der Waals surface area contributed by atoms with Crippen LogP contribution < -0.4 is 0 Å².